The molecule has 0 aliphatic heterocycles. The molecule has 1 aromatic heterocycles. The molecule has 1 aliphatic rings. The number of nitrogens with zero attached hydrogens (tertiary/aromatic N) is 2. The number of amides is 1. The third-order valence-electron chi connectivity index (χ3n) is 4.96. The molecule has 0 bridgehead atoms. The second-order valence-corrected chi connectivity index (χ2v) is 7.40. The van der Waals surface area contributed by atoms with Crippen molar-refractivity contribution in [2.75, 3.05) is 13.1 Å². The zero-order valence-electron chi connectivity index (χ0n) is 16.0. The van der Waals surface area contributed by atoms with E-state index < -0.39 is 0 Å². The van der Waals surface area contributed by atoms with Gasteiger partial charge in [0.2, 0.25) is 5.91 Å². The van der Waals surface area contributed by atoms with E-state index in [4.69, 9.17) is 5.10 Å². The van der Waals surface area contributed by atoms with Crippen LogP contribution < -0.4 is 10.6 Å². The van der Waals surface area contributed by atoms with E-state index in [1.54, 1.807) is 0 Å². The zero-order valence-corrected chi connectivity index (χ0v) is 16.0. The molecule has 2 N–H and O–H groups in total. The van der Waals surface area contributed by atoms with Gasteiger partial charge in [-0.3, -0.25) is 9.48 Å². The number of benzene rings is 2. The molecule has 1 amide bonds. The molecule has 4 rings (SSSR count). The molecule has 0 radical (unpaired) electrons. The molecule has 3 aromatic rings. The van der Waals surface area contributed by atoms with Gasteiger partial charge in [-0.25, -0.2) is 0 Å². The molecule has 5 heteroatoms. The minimum atomic E-state index is 0.0236. The van der Waals surface area contributed by atoms with Gasteiger partial charge in [-0.05, 0) is 30.9 Å². The molecule has 1 aliphatic carbocycles. The predicted molar refractivity (Wildman–Crippen MR) is 111 cm³/mol. The number of hydrogen-bond acceptors (Lipinski definition) is 3. The number of nitrogens with one attached hydrogen (secondary N) is 2. The fourth-order valence-electron chi connectivity index (χ4n) is 3.25. The third-order valence-corrected chi connectivity index (χ3v) is 4.96. The number of carbonyl (C=O) groups excluding carboxylic acids is 1. The molecule has 1 fully saturated rings. The second kappa shape index (κ2) is 8.85. The van der Waals surface area contributed by atoms with Gasteiger partial charge in [0.25, 0.3) is 0 Å². The summed E-state index contributed by atoms with van der Waals surface area (Å²) in [5.41, 5.74) is 4.20. The summed E-state index contributed by atoms with van der Waals surface area (Å²) in [7, 11) is 0. The quantitative estimate of drug-likeness (QED) is 0.605. The summed E-state index contributed by atoms with van der Waals surface area (Å²) < 4.78 is 1.95. The first-order chi connectivity index (χ1) is 13.8. The second-order valence-electron chi connectivity index (χ2n) is 7.40. The van der Waals surface area contributed by atoms with Crippen molar-refractivity contribution in [2.24, 2.45) is 5.92 Å². The molecule has 1 saturated carbocycles. The van der Waals surface area contributed by atoms with Crippen molar-refractivity contribution >= 4 is 5.91 Å². The zero-order chi connectivity index (χ0) is 19.2. The van der Waals surface area contributed by atoms with E-state index in [1.807, 2.05) is 47.3 Å². The van der Waals surface area contributed by atoms with Gasteiger partial charge in [-0.1, -0.05) is 60.7 Å². The minimum Gasteiger partial charge on any atom is -0.351 e. The topological polar surface area (TPSA) is 59.0 Å². The van der Waals surface area contributed by atoms with E-state index in [9.17, 15) is 4.79 Å². The molecular weight excluding hydrogens is 348 g/mol. The van der Waals surface area contributed by atoms with Crippen LogP contribution in [0, 0.1) is 5.92 Å². The summed E-state index contributed by atoms with van der Waals surface area (Å²) in [4.78, 5) is 12.2. The van der Waals surface area contributed by atoms with Crippen LogP contribution in [0.5, 0.6) is 0 Å². The standard InChI is InChI=1S/C23H26N4O/c28-22(15-24-13-18-11-12-18)25-14-21-17-27(16-19-7-3-1-4-8-19)26-23(21)20-9-5-2-6-10-20/h1-10,17-18,24H,11-16H2,(H,25,28). The molecule has 2 aromatic carbocycles. The van der Waals surface area contributed by atoms with Crippen LogP contribution in [0.2, 0.25) is 0 Å². The molecule has 0 unspecified atom stereocenters. The highest BCUT2D eigenvalue weighted by Crippen LogP contribution is 2.27. The van der Waals surface area contributed by atoms with Crippen molar-refractivity contribution < 1.29 is 4.79 Å². The Kier molecular flexibility index (Phi) is 5.83. The Morgan fingerprint density at radius 2 is 1.75 bits per heavy atom. The van der Waals surface area contributed by atoms with Crippen LogP contribution in [-0.4, -0.2) is 28.8 Å². The lowest BCUT2D eigenvalue weighted by molar-refractivity contribution is -0.120. The van der Waals surface area contributed by atoms with Gasteiger partial charge in [0.1, 0.15) is 0 Å². The van der Waals surface area contributed by atoms with Crippen LogP contribution in [0.3, 0.4) is 0 Å². The highest BCUT2D eigenvalue weighted by atomic mass is 16.1. The van der Waals surface area contributed by atoms with Crippen LogP contribution in [0.4, 0.5) is 0 Å². The van der Waals surface area contributed by atoms with Crippen molar-refractivity contribution in [3.63, 3.8) is 0 Å². The van der Waals surface area contributed by atoms with Gasteiger partial charge >= 0.3 is 0 Å². The minimum absolute atomic E-state index is 0.0236. The first kappa shape index (κ1) is 18.4. The molecule has 144 valence electrons. The van der Waals surface area contributed by atoms with Gasteiger partial charge in [0.15, 0.2) is 0 Å². The fourth-order valence-corrected chi connectivity index (χ4v) is 3.25. The third kappa shape index (κ3) is 5.08. The largest absolute Gasteiger partial charge is 0.351 e. The highest BCUT2D eigenvalue weighted by molar-refractivity contribution is 5.78. The number of aromatic nitrogens is 2. The number of hydrogen-bond donors (Lipinski definition) is 2. The summed E-state index contributed by atoms with van der Waals surface area (Å²) in [6, 6.07) is 20.4. The van der Waals surface area contributed by atoms with Crippen molar-refractivity contribution in [1.82, 2.24) is 20.4 Å². The molecule has 0 atom stereocenters. The average Bonchev–Trinajstić information content (AvgIpc) is 3.47. The Morgan fingerprint density at radius 1 is 1.04 bits per heavy atom. The van der Waals surface area contributed by atoms with E-state index in [0.717, 1.165) is 29.3 Å². The van der Waals surface area contributed by atoms with Crippen LogP contribution >= 0.6 is 0 Å². The predicted octanol–water partition coefficient (Wildman–Crippen LogP) is 3.21. The summed E-state index contributed by atoms with van der Waals surface area (Å²) in [6.45, 7) is 2.49. The summed E-state index contributed by atoms with van der Waals surface area (Å²) >= 11 is 0. The van der Waals surface area contributed by atoms with Gasteiger partial charge < -0.3 is 10.6 Å². The first-order valence-corrected chi connectivity index (χ1v) is 9.91. The van der Waals surface area contributed by atoms with Crippen LogP contribution in [0.15, 0.2) is 66.9 Å². The molecule has 5 nitrogen and oxygen atoms in total. The normalized spacial score (nSPS) is 13.4. The van der Waals surface area contributed by atoms with Crippen LogP contribution in [-0.2, 0) is 17.9 Å². The van der Waals surface area contributed by atoms with Crippen molar-refractivity contribution in [3.05, 3.63) is 78.0 Å². The smallest absolute Gasteiger partial charge is 0.234 e. The van der Waals surface area contributed by atoms with Gasteiger partial charge in [-0.15, -0.1) is 0 Å². The molecular formula is C23H26N4O. The SMILES string of the molecule is O=C(CNCC1CC1)NCc1cn(Cc2ccccc2)nc1-c1ccccc1. The van der Waals surface area contributed by atoms with E-state index in [0.29, 0.717) is 19.6 Å². The average molecular weight is 374 g/mol. The van der Waals surface area contributed by atoms with Crippen molar-refractivity contribution in [2.45, 2.75) is 25.9 Å². The number of carbonyl (C=O) groups is 1. The lowest BCUT2D eigenvalue weighted by Gasteiger charge is -2.06. The summed E-state index contributed by atoms with van der Waals surface area (Å²) in [5, 5.41) is 11.1. The Hall–Kier alpha value is -2.92. The lowest BCUT2D eigenvalue weighted by Crippen LogP contribution is -2.34. The molecule has 28 heavy (non-hydrogen) atoms. The van der Waals surface area contributed by atoms with E-state index in [1.165, 1.54) is 18.4 Å². The van der Waals surface area contributed by atoms with Crippen molar-refractivity contribution in [1.29, 1.82) is 0 Å². The lowest BCUT2D eigenvalue weighted by atomic mass is 10.1. The van der Waals surface area contributed by atoms with E-state index in [-0.39, 0.29) is 5.91 Å². The van der Waals surface area contributed by atoms with Gasteiger partial charge in [0.05, 0.1) is 18.8 Å². The summed E-state index contributed by atoms with van der Waals surface area (Å²) in [5.74, 6) is 0.796. The summed E-state index contributed by atoms with van der Waals surface area (Å²) in [6.07, 6.45) is 4.61. The monoisotopic (exact) mass is 374 g/mol. The van der Waals surface area contributed by atoms with E-state index in [2.05, 4.69) is 34.9 Å². The van der Waals surface area contributed by atoms with Crippen molar-refractivity contribution in [3.8, 4) is 11.3 Å². The Labute approximate surface area is 165 Å². The molecule has 0 spiro atoms. The Bertz CT molecular complexity index is 901. The maximum atomic E-state index is 12.2. The maximum absolute atomic E-state index is 12.2. The maximum Gasteiger partial charge on any atom is 0.234 e. The Morgan fingerprint density at radius 3 is 2.46 bits per heavy atom. The van der Waals surface area contributed by atoms with Gasteiger partial charge in [-0.2, -0.15) is 5.10 Å². The van der Waals surface area contributed by atoms with Crippen LogP contribution in [0.1, 0.15) is 24.0 Å². The van der Waals surface area contributed by atoms with E-state index >= 15 is 0 Å². The first-order valence-electron chi connectivity index (χ1n) is 9.91. The molecule has 1 heterocycles. The number of rotatable bonds is 9. The van der Waals surface area contributed by atoms with Crippen LogP contribution in [0.25, 0.3) is 11.3 Å². The fraction of sp³-hybridized carbons (Fsp3) is 0.304. The molecule has 0 saturated heterocycles. The Balaban J connectivity index is 1.45. The van der Waals surface area contributed by atoms with Gasteiger partial charge in [0, 0.05) is 23.9 Å². The highest BCUT2D eigenvalue weighted by Gasteiger charge is 2.20.